The minimum atomic E-state index is -1.53. The van der Waals surface area contributed by atoms with Gasteiger partial charge in [-0.05, 0) is 67.4 Å². The second kappa shape index (κ2) is 8.82. The van der Waals surface area contributed by atoms with Crippen LogP contribution in [0.3, 0.4) is 0 Å². The predicted molar refractivity (Wildman–Crippen MR) is 125 cm³/mol. The van der Waals surface area contributed by atoms with Crippen molar-refractivity contribution in [3.8, 4) is 0 Å². The molecular formula is C27H30FNO4. The van der Waals surface area contributed by atoms with Crippen molar-refractivity contribution in [2.45, 2.75) is 66.4 Å². The molecule has 0 bridgehead atoms. The van der Waals surface area contributed by atoms with E-state index in [1.165, 1.54) is 11.6 Å². The lowest BCUT2D eigenvalue weighted by Crippen LogP contribution is -2.34. The summed E-state index contributed by atoms with van der Waals surface area (Å²) in [7, 11) is 0. The fourth-order valence-electron chi connectivity index (χ4n) is 5.06. The molecule has 1 aliphatic carbocycles. The van der Waals surface area contributed by atoms with Gasteiger partial charge in [-0.1, -0.05) is 26.8 Å². The van der Waals surface area contributed by atoms with Crippen LogP contribution in [0.2, 0.25) is 0 Å². The average Bonchev–Trinajstić information content (AvgIpc) is 2.79. The normalized spacial score (nSPS) is 18.8. The van der Waals surface area contributed by atoms with E-state index < -0.39 is 12.1 Å². The molecule has 2 heterocycles. The molecule has 174 valence electrons. The van der Waals surface area contributed by atoms with Crippen LogP contribution in [0.15, 0.2) is 23.3 Å². The summed E-state index contributed by atoms with van der Waals surface area (Å²) in [4.78, 5) is 29.7. The van der Waals surface area contributed by atoms with E-state index in [2.05, 4.69) is 6.92 Å². The van der Waals surface area contributed by atoms with E-state index in [4.69, 9.17) is 9.72 Å². The zero-order chi connectivity index (χ0) is 24.0. The van der Waals surface area contributed by atoms with Gasteiger partial charge in [-0.2, -0.15) is 0 Å². The molecule has 1 aliphatic heterocycles. The van der Waals surface area contributed by atoms with E-state index in [-0.39, 0.29) is 29.7 Å². The standard InChI is InChI=1S/C27H30FNO4/c1-6-16-18-9-7-8-17-15(5)21(28)11-22(23(17)18)29-24(16)14(4)10-19-20(25(30)13(2)3)12-33-27(32)26(19)31/h10-11,13,26,31H,6-9,12H2,1-5H3/b14-10+. The van der Waals surface area contributed by atoms with Gasteiger partial charge in [0.25, 0.3) is 0 Å². The highest BCUT2D eigenvalue weighted by molar-refractivity contribution is 6.01. The molecule has 0 saturated carbocycles. The van der Waals surface area contributed by atoms with Gasteiger partial charge in [0, 0.05) is 28.5 Å². The van der Waals surface area contributed by atoms with Crippen molar-refractivity contribution in [1.29, 1.82) is 0 Å². The fourth-order valence-corrected chi connectivity index (χ4v) is 5.06. The molecule has 5 nitrogen and oxygen atoms in total. The summed E-state index contributed by atoms with van der Waals surface area (Å²) in [5.41, 5.74) is 6.65. The van der Waals surface area contributed by atoms with E-state index in [0.29, 0.717) is 22.3 Å². The largest absolute Gasteiger partial charge is 0.458 e. The van der Waals surface area contributed by atoms with Crippen LogP contribution in [0.4, 0.5) is 4.39 Å². The first-order chi connectivity index (χ1) is 15.6. The summed E-state index contributed by atoms with van der Waals surface area (Å²) < 4.78 is 19.7. The van der Waals surface area contributed by atoms with Crippen LogP contribution in [0, 0.1) is 18.7 Å². The first-order valence-corrected chi connectivity index (χ1v) is 11.6. The Kier molecular flexibility index (Phi) is 6.23. The maximum atomic E-state index is 14.7. The van der Waals surface area contributed by atoms with Gasteiger partial charge in [-0.3, -0.25) is 4.79 Å². The summed E-state index contributed by atoms with van der Waals surface area (Å²) >= 11 is 0. The molecule has 2 aromatic rings. The number of esters is 1. The molecule has 1 aromatic carbocycles. The number of ketones is 1. The summed E-state index contributed by atoms with van der Waals surface area (Å²) in [5.74, 6) is -1.49. The minimum absolute atomic E-state index is 0.156. The number of cyclic esters (lactones) is 1. The van der Waals surface area contributed by atoms with Crippen molar-refractivity contribution >= 4 is 28.2 Å². The molecule has 0 fully saturated rings. The number of nitrogens with zero attached hydrogens (tertiary/aromatic N) is 1. The Labute approximate surface area is 193 Å². The maximum Gasteiger partial charge on any atom is 0.340 e. The van der Waals surface area contributed by atoms with Gasteiger partial charge in [0.2, 0.25) is 0 Å². The third-order valence-corrected chi connectivity index (χ3v) is 6.82. The number of pyridine rings is 1. The van der Waals surface area contributed by atoms with Crippen molar-refractivity contribution < 1.29 is 23.8 Å². The summed E-state index contributed by atoms with van der Waals surface area (Å²) in [6.07, 6.45) is 3.59. The Balaban J connectivity index is 1.95. The Morgan fingerprint density at radius 1 is 1.33 bits per heavy atom. The number of allylic oxidation sites excluding steroid dienone is 1. The van der Waals surface area contributed by atoms with Crippen LogP contribution in [0.5, 0.6) is 0 Å². The highest BCUT2D eigenvalue weighted by Crippen LogP contribution is 2.37. The number of rotatable bonds is 5. The minimum Gasteiger partial charge on any atom is -0.458 e. The topological polar surface area (TPSA) is 76.5 Å². The van der Waals surface area contributed by atoms with E-state index in [1.54, 1.807) is 19.9 Å². The molecule has 1 atom stereocenters. The number of carbonyl (C=O) groups is 2. The van der Waals surface area contributed by atoms with Crippen molar-refractivity contribution in [1.82, 2.24) is 4.98 Å². The van der Waals surface area contributed by atoms with Gasteiger partial charge in [-0.25, -0.2) is 14.2 Å². The zero-order valence-corrected chi connectivity index (χ0v) is 19.8. The molecule has 1 unspecified atom stereocenters. The third-order valence-electron chi connectivity index (χ3n) is 6.82. The predicted octanol–water partition coefficient (Wildman–Crippen LogP) is 4.58. The monoisotopic (exact) mass is 451 g/mol. The third kappa shape index (κ3) is 3.90. The molecule has 2 aliphatic rings. The highest BCUT2D eigenvalue weighted by Gasteiger charge is 2.33. The average molecular weight is 452 g/mol. The molecule has 1 aromatic heterocycles. The van der Waals surface area contributed by atoms with Gasteiger partial charge in [0.1, 0.15) is 12.4 Å². The lowest BCUT2D eigenvalue weighted by Gasteiger charge is -2.25. The number of aryl methyl sites for hydroxylation is 2. The molecule has 0 spiro atoms. The first kappa shape index (κ1) is 23.3. The SMILES string of the molecule is CCc1c(/C(C)=C/C2=C(C(=O)C(C)C)COC(=O)C2O)nc2cc(F)c(C)c3c2c1CCC3. The second-order valence-corrected chi connectivity index (χ2v) is 9.27. The lowest BCUT2D eigenvalue weighted by molar-refractivity contribution is -0.152. The summed E-state index contributed by atoms with van der Waals surface area (Å²) in [5, 5.41) is 11.6. The number of ether oxygens (including phenoxy) is 1. The highest BCUT2D eigenvalue weighted by atomic mass is 19.1. The van der Waals surface area contributed by atoms with Crippen molar-refractivity contribution in [2.24, 2.45) is 5.92 Å². The Hall–Kier alpha value is -2.86. The van der Waals surface area contributed by atoms with E-state index in [1.807, 2.05) is 13.8 Å². The van der Waals surface area contributed by atoms with Gasteiger partial charge in [0.15, 0.2) is 11.9 Å². The van der Waals surface area contributed by atoms with E-state index in [9.17, 15) is 19.1 Å². The fraction of sp³-hybridized carbons (Fsp3) is 0.444. The molecule has 4 rings (SSSR count). The van der Waals surface area contributed by atoms with Gasteiger partial charge in [-0.15, -0.1) is 0 Å². The second-order valence-electron chi connectivity index (χ2n) is 9.27. The number of carbonyl (C=O) groups excluding carboxylic acids is 2. The Bertz CT molecular complexity index is 1240. The first-order valence-electron chi connectivity index (χ1n) is 11.6. The van der Waals surface area contributed by atoms with Crippen molar-refractivity contribution in [3.63, 3.8) is 0 Å². The van der Waals surface area contributed by atoms with Crippen LogP contribution in [-0.2, 0) is 33.6 Å². The number of hydrogen-bond donors (Lipinski definition) is 1. The number of aromatic nitrogens is 1. The molecule has 33 heavy (non-hydrogen) atoms. The van der Waals surface area contributed by atoms with E-state index in [0.717, 1.165) is 47.8 Å². The summed E-state index contributed by atoms with van der Waals surface area (Å²) in [6.45, 7) is 9.13. The molecule has 6 heteroatoms. The summed E-state index contributed by atoms with van der Waals surface area (Å²) in [6, 6.07) is 1.50. The van der Waals surface area contributed by atoms with Crippen LogP contribution >= 0.6 is 0 Å². The van der Waals surface area contributed by atoms with Crippen molar-refractivity contribution in [2.75, 3.05) is 6.61 Å². The molecule has 1 N–H and O–H groups in total. The number of aliphatic hydroxyl groups is 1. The van der Waals surface area contributed by atoms with Gasteiger partial charge < -0.3 is 9.84 Å². The molecule has 0 radical (unpaired) electrons. The lowest BCUT2D eigenvalue weighted by atomic mass is 9.83. The number of aliphatic hydroxyl groups excluding tert-OH is 1. The number of benzene rings is 1. The molecule has 0 saturated heterocycles. The van der Waals surface area contributed by atoms with Crippen molar-refractivity contribution in [3.05, 3.63) is 57.1 Å². The Morgan fingerprint density at radius 2 is 2.03 bits per heavy atom. The smallest absolute Gasteiger partial charge is 0.340 e. The maximum absolute atomic E-state index is 14.7. The Morgan fingerprint density at radius 3 is 2.70 bits per heavy atom. The molecule has 0 amide bonds. The van der Waals surface area contributed by atoms with Crippen LogP contribution < -0.4 is 0 Å². The number of halogens is 1. The van der Waals surface area contributed by atoms with Gasteiger partial charge in [0.05, 0.1) is 11.2 Å². The number of hydrogen-bond acceptors (Lipinski definition) is 5. The quantitative estimate of drug-likeness (QED) is 0.674. The number of Topliss-reactive ketones (excluding diaryl/α,β-unsaturated/α-hetero) is 1. The van der Waals surface area contributed by atoms with E-state index >= 15 is 0 Å². The van der Waals surface area contributed by atoms with Gasteiger partial charge >= 0.3 is 5.97 Å². The van der Waals surface area contributed by atoms with Crippen LogP contribution in [0.25, 0.3) is 16.5 Å². The van der Waals surface area contributed by atoms with Crippen LogP contribution in [-0.4, -0.2) is 34.6 Å². The van der Waals surface area contributed by atoms with Crippen LogP contribution in [0.1, 0.15) is 62.1 Å². The molecular weight excluding hydrogens is 421 g/mol. The zero-order valence-electron chi connectivity index (χ0n) is 19.8.